The molecule has 154 valence electrons. The van der Waals surface area contributed by atoms with Crippen molar-refractivity contribution in [2.75, 3.05) is 18.6 Å². The predicted octanol–water partition coefficient (Wildman–Crippen LogP) is 4.54. The molecule has 0 saturated carbocycles. The van der Waals surface area contributed by atoms with Crippen molar-refractivity contribution in [3.05, 3.63) is 96.7 Å². The normalized spacial score (nSPS) is 13.5. The molecule has 6 nitrogen and oxygen atoms in total. The fourth-order valence-electron chi connectivity index (χ4n) is 3.51. The number of ether oxygens (including phenoxy) is 1. The van der Waals surface area contributed by atoms with Crippen LogP contribution < -0.4 is 15.1 Å². The molecule has 0 atom stereocenters. The number of anilines is 1. The smallest absolute Gasteiger partial charge is 0.254 e. The minimum atomic E-state index is -0.00127. The SMILES string of the molecule is O=C(c1ccc(NOc2cccc3cccnc23)cc1)N1CC(Oc2ccccc2)C1. The molecule has 1 amide bonds. The first-order valence-corrected chi connectivity index (χ1v) is 10.1. The molecule has 1 aliphatic heterocycles. The summed E-state index contributed by atoms with van der Waals surface area (Å²) in [5.41, 5.74) is 5.10. The van der Waals surface area contributed by atoms with E-state index in [2.05, 4.69) is 10.5 Å². The lowest BCUT2D eigenvalue weighted by Gasteiger charge is -2.39. The van der Waals surface area contributed by atoms with Gasteiger partial charge >= 0.3 is 0 Å². The Hall–Kier alpha value is -4.06. The summed E-state index contributed by atoms with van der Waals surface area (Å²) in [6.07, 6.45) is 1.77. The van der Waals surface area contributed by atoms with Crippen LogP contribution in [0.25, 0.3) is 10.9 Å². The van der Waals surface area contributed by atoms with E-state index in [0.29, 0.717) is 24.4 Å². The van der Waals surface area contributed by atoms with Crippen molar-refractivity contribution in [1.29, 1.82) is 0 Å². The number of rotatable bonds is 6. The number of nitrogens with one attached hydrogen (secondary N) is 1. The van der Waals surface area contributed by atoms with E-state index in [1.807, 2.05) is 72.8 Å². The summed E-state index contributed by atoms with van der Waals surface area (Å²) in [6.45, 7) is 1.18. The van der Waals surface area contributed by atoms with Crippen molar-refractivity contribution in [2.45, 2.75) is 6.10 Å². The number of pyridine rings is 1. The maximum Gasteiger partial charge on any atom is 0.254 e. The molecular weight excluding hydrogens is 390 g/mol. The van der Waals surface area contributed by atoms with Gasteiger partial charge in [-0.2, -0.15) is 0 Å². The minimum absolute atomic E-state index is 0.00127. The van der Waals surface area contributed by atoms with Crippen LogP contribution in [0.5, 0.6) is 11.5 Å². The average molecular weight is 411 g/mol. The topological polar surface area (TPSA) is 63.7 Å². The summed E-state index contributed by atoms with van der Waals surface area (Å²) in [5, 5.41) is 1.01. The molecule has 1 N–H and O–H groups in total. The number of likely N-dealkylation sites (tertiary alicyclic amines) is 1. The van der Waals surface area contributed by atoms with Crippen LogP contribution in [0.1, 0.15) is 10.4 Å². The lowest BCUT2D eigenvalue weighted by atomic mass is 10.1. The highest BCUT2D eigenvalue weighted by molar-refractivity contribution is 5.95. The van der Waals surface area contributed by atoms with E-state index in [9.17, 15) is 4.79 Å². The molecule has 2 heterocycles. The van der Waals surface area contributed by atoms with Crippen molar-refractivity contribution >= 4 is 22.5 Å². The zero-order valence-corrected chi connectivity index (χ0v) is 16.8. The van der Waals surface area contributed by atoms with Gasteiger partial charge in [0.1, 0.15) is 17.4 Å². The zero-order chi connectivity index (χ0) is 21.0. The standard InChI is InChI=1S/C25H21N3O3/c29-25(28-16-22(17-28)30-21-8-2-1-3-9-21)19-11-13-20(14-12-19)27-31-23-10-4-6-18-7-5-15-26-24(18)23/h1-15,22,27H,16-17H2. The van der Waals surface area contributed by atoms with Crippen molar-refractivity contribution in [2.24, 2.45) is 0 Å². The number of para-hydroxylation sites is 2. The number of fused-ring (bicyclic) bond motifs is 1. The third-order valence-electron chi connectivity index (χ3n) is 5.19. The molecule has 0 bridgehead atoms. The number of nitrogens with zero attached hydrogens (tertiary/aromatic N) is 2. The Morgan fingerprint density at radius 2 is 1.68 bits per heavy atom. The predicted molar refractivity (Wildman–Crippen MR) is 119 cm³/mol. The van der Waals surface area contributed by atoms with Gasteiger partial charge in [-0.1, -0.05) is 36.4 Å². The molecule has 5 rings (SSSR count). The molecule has 0 spiro atoms. The third kappa shape index (κ3) is 4.14. The van der Waals surface area contributed by atoms with Crippen molar-refractivity contribution in [1.82, 2.24) is 9.88 Å². The molecule has 6 heteroatoms. The van der Waals surface area contributed by atoms with E-state index in [1.165, 1.54) is 0 Å². The highest BCUT2D eigenvalue weighted by Gasteiger charge is 2.32. The summed E-state index contributed by atoms with van der Waals surface area (Å²) in [7, 11) is 0. The van der Waals surface area contributed by atoms with Crippen LogP contribution >= 0.6 is 0 Å². The Morgan fingerprint density at radius 3 is 2.48 bits per heavy atom. The van der Waals surface area contributed by atoms with E-state index in [4.69, 9.17) is 9.57 Å². The van der Waals surface area contributed by atoms with E-state index >= 15 is 0 Å². The number of carbonyl (C=O) groups is 1. The lowest BCUT2D eigenvalue weighted by molar-refractivity contribution is 0.0178. The maximum atomic E-state index is 12.7. The summed E-state index contributed by atoms with van der Waals surface area (Å²) in [4.78, 5) is 24.6. The molecule has 1 saturated heterocycles. The number of benzene rings is 3. The van der Waals surface area contributed by atoms with Gasteiger partial charge in [0.05, 0.1) is 18.8 Å². The molecule has 1 aromatic heterocycles. The number of hydrogen-bond acceptors (Lipinski definition) is 5. The number of hydrogen-bond donors (Lipinski definition) is 1. The lowest BCUT2D eigenvalue weighted by Crippen LogP contribution is -2.56. The first-order valence-electron chi connectivity index (χ1n) is 10.1. The Morgan fingerprint density at radius 1 is 0.903 bits per heavy atom. The van der Waals surface area contributed by atoms with Crippen LogP contribution in [0.15, 0.2) is 91.1 Å². The third-order valence-corrected chi connectivity index (χ3v) is 5.19. The van der Waals surface area contributed by atoms with Crippen molar-refractivity contribution in [3.8, 4) is 11.5 Å². The summed E-state index contributed by atoms with van der Waals surface area (Å²) in [5.74, 6) is 1.47. The van der Waals surface area contributed by atoms with E-state index in [-0.39, 0.29) is 12.0 Å². The second-order valence-corrected chi connectivity index (χ2v) is 7.38. The van der Waals surface area contributed by atoms with Gasteiger partial charge in [0.2, 0.25) is 0 Å². The number of aromatic nitrogens is 1. The summed E-state index contributed by atoms with van der Waals surface area (Å²) in [6, 6.07) is 26.5. The van der Waals surface area contributed by atoms with Gasteiger partial charge in [0.15, 0.2) is 5.75 Å². The molecule has 0 unspecified atom stereocenters. The van der Waals surface area contributed by atoms with E-state index in [1.54, 1.807) is 23.2 Å². The summed E-state index contributed by atoms with van der Waals surface area (Å²) >= 11 is 0. The fourth-order valence-corrected chi connectivity index (χ4v) is 3.51. The molecule has 4 aromatic rings. The first kappa shape index (κ1) is 18.9. The van der Waals surface area contributed by atoms with Crippen LogP contribution in [0.3, 0.4) is 0 Å². The number of carbonyl (C=O) groups excluding carboxylic acids is 1. The fraction of sp³-hybridized carbons (Fsp3) is 0.120. The van der Waals surface area contributed by atoms with Crippen LogP contribution in [-0.4, -0.2) is 35.0 Å². The van der Waals surface area contributed by atoms with Gasteiger partial charge in [-0.05, 0) is 48.5 Å². The highest BCUT2D eigenvalue weighted by Crippen LogP contribution is 2.24. The highest BCUT2D eigenvalue weighted by atomic mass is 16.6. The minimum Gasteiger partial charge on any atom is -0.487 e. The monoisotopic (exact) mass is 411 g/mol. The molecule has 31 heavy (non-hydrogen) atoms. The van der Waals surface area contributed by atoms with Gasteiger partial charge in [-0.25, -0.2) is 5.48 Å². The van der Waals surface area contributed by atoms with Crippen LogP contribution in [0.4, 0.5) is 5.69 Å². The quantitative estimate of drug-likeness (QED) is 0.472. The molecule has 1 fully saturated rings. The van der Waals surface area contributed by atoms with Crippen LogP contribution in [0.2, 0.25) is 0 Å². The first-order chi connectivity index (χ1) is 15.3. The molecule has 1 aliphatic rings. The van der Waals surface area contributed by atoms with Crippen molar-refractivity contribution < 1.29 is 14.4 Å². The molecule has 0 radical (unpaired) electrons. The molecular formula is C25H21N3O3. The van der Waals surface area contributed by atoms with Crippen molar-refractivity contribution in [3.63, 3.8) is 0 Å². The van der Waals surface area contributed by atoms with Gasteiger partial charge in [0, 0.05) is 17.1 Å². The van der Waals surface area contributed by atoms with Crippen LogP contribution in [0, 0.1) is 0 Å². The van der Waals surface area contributed by atoms with Gasteiger partial charge < -0.3 is 14.5 Å². The maximum absolute atomic E-state index is 12.7. The Bertz CT molecular complexity index is 1180. The van der Waals surface area contributed by atoms with Crippen LogP contribution in [-0.2, 0) is 0 Å². The van der Waals surface area contributed by atoms with Gasteiger partial charge in [-0.3, -0.25) is 9.78 Å². The second-order valence-electron chi connectivity index (χ2n) is 7.38. The zero-order valence-electron chi connectivity index (χ0n) is 16.8. The van der Waals surface area contributed by atoms with E-state index < -0.39 is 0 Å². The van der Waals surface area contributed by atoms with Gasteiger partial charge in [-0.15, -0.1) is 0 Å². The number of amides is 1. The summed E-state index contributed by atoms with van der Waals surface area (Å²) < 4.78 is 5.86. The average Bonchev–Trinajstić information content (AvgIpc) is 2.80. The molecule has 3 aromatic carbocycles. The second kappa shape index (κ2) is 8.36. The van der Waals surface area contributed by atoms with Gasteiger partial charge in [0.25, 0.3) is 5.91 Å². The largest absolute Gasteiger partial charge is 0.487 e. The Balaban J connectivity index is 1.16. The Kier molecular flexibility index (Phi) is 5.10. The molecule has 0 aliphatic carbocycles. The van der Waals surface area contributed by atoms with E-state index in [0.717, 1.165) is 22.3 Å². The Labute approximate surface area is 180 Å².